The van der Waals surface area contributed by atoms with E-state index in [-0.39, 0.29) is 5.11 Å². The first kappa shape index (κ1) is 23.6. The van der Waals surface area contributed by atoms with Gasteiger partial charge in [-0.2, -0.15) is 0 Å². The third kappa shape index (κ3) is 7.00. The zero-order chi connectivity index (χ0) is 21.9. The van der Waals surface area contributed by atoms with E-state index >= 15 is 0 Å². The minimum Gasteiger partial charge on any atom is -0.493 e. The molecular formula is C21H24BrN3O4S. The van der Waals surface area contributed by atoms with E-state index in [4.69, 9.17) is 21.7 Å². The summed E-state index contributed by atoms with van der Waals surface area (Å²) in [5.74, 6) is 0.281. The molecule has 0 radical (unpaired) electrons. The molecule has 0 aliphatic heterocycles. The van der Waals surface area contributed by atoms with Crippen LogP contribution in [-0.2, 0) is 0 Å². The summed E-state index contributed by atoms with van der Waals surface area (Å²) in [6, 6.07) is 11.9. The number of hydrogen-bond donors (Lipinski definition) is 3. The van der Waals surface area contributed by atoms with E-state index in [0.29, 0.717) is 40.3 Å². The first-order chi connectivity index (χ1) is 14.5. The van der Waals surface area contributed by atoms with Gasteiger partial charge in [-0.25, -0.2) is 0 Å². The molecule has 9 heteroatoms. The van der Waals surface area contributed by atoms with Crippen LogP contribution in [0.15, 0.2) is 46.9 Å². The number of hydrazine groups is 1. The molecule has 0 saturated carbocycles. The van der Waals surface area contributed by atoms with Gasteiger partial charge in [0.1, 0.15) is 11.5 Å². The van der Waals surface area contributed by atoms with Gasteiger partial charge in [0.25, 0.3) is 11.8 Å². The molecule has 2 aromatic rings. The van der Waals surface area contributed by atoms with Gasteiger partial charge in [-0.3, -0.25) is 25.8 Å². The monoisotopic (exact) mass is 493 g/mol. The van der Waals surface area contributed by atoms with Crippen molar-refractivity contribution in [2.45, 2.75) is 26.7 Å². The van der Waals surface area contributed by atoms with Crippen LogP contribution < -0.4 is 25.6 Å². The first-order valence-corrected chi connectivity index (χ1v) is 10.7. The average Bonchev–Trinajstić information content (AvgIpc) is 2.75. The Bertz CT molecular complexity index is 908. The van der Waals surface area contributed by atoms with Crippen molar-refractivity contribution >= 4 is 45.1 Å². The second-order valence-electron chi connectivity index (χ2n) is 6.20. The molecule has 2 rings (SSSR count). The van der Waals surface area contributed by atoms with Crippen molar-refractivity contribution in [3.05, 3.63) is 58.1 Å². The summed E-state index contributed by atoms with van der Waals surface area (Å²) in [7, 11) is 0. The maximum atomic E-state index is 12.4. The van der Waals surface area contributed by atoms with Gasteiger partial charge in [-0.1, -0.05) is 26.0 Å². The lowest BCUT2D eigenvalue weighted by Gasteiger charge is -2.13. The lowest BCUT2D eigenvalue weighted by molar-refractivity contribution is 0.0931. The summed E-state index contributed by atoms with van der Waals surface area (Å²) >= 11 is 8.48. The molecule has 0 aromatic heterocycles. The Morgan fingerprint density at radius 3 is 2.27 bits per heavy atom. The highest BCUT2D eigenvalue weighted by molar-refractivity contribution is 9.10. The zero-order valence-electron chi connectivity index (χ0n) is 16.8. The number of nitrogens with one attached hydrogen (secondary N) is 3. The SMILES string of the molecule is CCCOc1ccc(C(=O)NC(=S)NNC(=O)c2ccccc2OCCC)cc1Br. The highest BCUT2D eigenvalue weighted by Gasteiger charge is 2.14. The Balaban J connectivity index is 1.91. The van der Waals surface area contributed by atoms with Gasteiger partial charge in [0.15, 0.2) is 5.11 Å². The minimum absolute atomic E-state index is 0.0391. The number of para-hydroxylation sites is 1. The number of carbonyl (C=O) groups excluding carboxylic acids is 2. The number of carbonyl (C=O) groups is 2. The number of hydrogen-bond acceptors (Lipinski definition) is 5. The van der Waals surface area contributed by atoms with Crippen LogP contribution in [0.25, 0.3) is 0 Å². The van der Waals surface area contributed by atoms with Crippen molar-refractivity contribution in [3.63, 3.8) is 0 Å². The van der Waals surface area contributed by atoms with Gasteiger partial charge >= 0.3 is 0 Å². The van der Waals surface area contributed by atoms with Crippen LogP contribution in [-0.4, -0.2) is 30.1 Å². The quantitative estimate of drug-likeness (QED) is 0.380. The van der Waals surface area contributed by atoms with Crippen LogP contribution in [0.3, 0.4) is 0 Å². The molecular weight excluding hydrogens is 470 g/mol. The fraction of sp³-hybridized carbons (Fsp3) is 0.286. The number of amides is 2. The van der Waals surface area contributed by atoms with Crippen LogP contribution in [0.2, 0.25) is 0 Å². The maximum Gasteiger partial charge on any atom is 0.273 e. The first-order valence-electron chi connectivity index (χ1n) is 9.52. The number of ether oxygens (including phenoxy) is 2. The van der Waals surface area contributed by atoms with E-state index in [9.17, 15) is 9.59 Å². The Kier molecular flexibility index (Phi) is 9.56. The van der Waals surface area contributed by atoms with Crippen LogP contribution in [0, 0.1) is 0 Å². The van der Waals surface area contributed by atoms with Crippen LogP contribution in [0.4, 0.5) is 0 Å². The molecule has 0 spiro atoms. The summed E-state index contributed by atoms with van der Waals surface area (Å²) < 4.78 is 11.8. The molecule has 30 heavy (non-hydrogen) atoms. The predicted octanol–water partition coefficient (Wildman–Crippen LogP) is 3.98. The summed E-state index contributed by atoms with van der Waals surface area (Å²) in [6.07, 6.45) is 1.71. The molecule has 2 aromatic carbocycles. The Labute approximate surface area is 189 Å². The molecule has 0 aliphatic rings. The van der Waals surface area contributed by atoms with Gasteiger partial charge < -0.3 is 9.47 Å². The predicted molar refractivity (Wildman–Crippen MR) is 123 cm³/mol. The molecule has 0 heterocycles. The Hall–Kier alpha value is -2.65. The largest absolute Gasteiger partial charge is 0.493 e. The fourth-order valence-electron chi connectivity index (χ4n) is 2.35. The minimum atomic E-state index is -0.432. The van der Waals surface area contributed by atoms with Crippen LogP contribution in [0.1, 0.15) is 47.4 Å². The number of thiocarbonyl (C=S) groups is 1. The summed E-state index contributed by atoms with van der Waals surface area (Å²) in [6.45, 7) is 5.09. The van der Waals surface area contributed by atoms with Gasteiger partial charge in [0, 0.05) is 5.56 Å². The highest BCUT2D eigenvalue weighted by atomic mass is 79.9. The van der Waals surface area contributed by atoms with Crippen molar-refractivity contribution in [2.75, 3.05) is 13.2 Å². The van der Waals surface area contributed by atoms with Crippen LogP contribution >= 0.6 is 28.1 Å². The number of benzene rings is 2. The van der Waals surface area contributed by atoms with E-state index in [1.165, 1.54) is 0 Å². The van der Waals surface area contributed by atoms with Gasteiger partial charge in [0.05, 0.1) is 23.2 Å². The van der Waals surface area contributed by atoms with Crippen molar-refractivity contribution in [1.29, 1.82) is 0 Å². The van der Waals surface area contributed by atoms with Crippen LogP contribution in [0.5, 0.6) is 11.5 Å². The van der Waals surface area contributed by atoms with Crippen molar-refractivity contribution in [3.8, 4) is 11.5 Å². The normalized spacial score (nSPS) is 10.1. The van der Waals surface area contributed by atoms with Gasteiger partial charge in [-0.15, -0.1) is 0 Å². The summed E-state index contributed by atoms with van der Waals surface area (Å²) in [5.41, 5.74) is 5.74. The highest BCUT2D eigenvalue weighted by Crippen LogP contribution is 2.26. The van der Waals surface area contributed by atoms with Crippen molar-refractivity contribution in [2.24, 2.45) is 0 Å². The third-order valence-corrected chi connectivity index (χ3v) is 4.59. The average molecular weight is 494 g/mol. The standard InChI is InChI=1S/C21H24BrN3O4S/c1-3-11-28-17-8-6-5-7-15(17)20(27)24-25-21(30)23-19(26)14-9-10-18(16(22)13-14)29-12-4-2/h5-10,13H,3-4,11-12H2,1-2H3,(H,24,27)(H2,23,25,26,30). The smallest absolute Gasteiger partial charge is 0.273 e. The van der Waals surface area contributed by atoms with E-state index in [1.54, 1.807) is 42.5 Å². The van der Waals surface area contributed by atoms with Crippen molar-refractivity contribution < 1.29 is 19.1 Å². The zero-order valence-corrected chi connectivity index (χ0v) is 19.2. The molecule has 0 aliphatic carbocycles. The summed E-state index contributed by atoms with van der Waals surface area (Å²) in [5, 5.41) is 2.48. The topological polar surface area (TPSA) is 88.7 Å². The lowest BCUT2D eigenvalue weighted by atomic mass is 10.2. The molecule has 0 bridgehead atoms. The van der Waals surface area contributed by atoms with Crippen molar-refractivity contribution in [1.82, 2.24) is 16.2 Å². The molecule has 160 valence electrons. The van der Waals surface area contributed by atoms with E-state index < -0.39 is 11.8 Å². The molecule has 0 atom stereocenters. The summed E-state index contributed by atoms with van der Waals surface area (Å²) in [4.78, 5) is 24.8. The maximum absolute atomic E-state index is 12.4. The molecule has 3 N–H and O–H groups in total. The van der Waals surface area contributed by atoms with E-state index in [0.717, 1.165) is 12.8 Å². The Morgan fingerprint density at radius 1 is 0.933 bits per heavy atom. The van der Waals surface area contributed by atoms with E-state index in [2.05, 4.69) is 32.1 Å². The second kappa shape index (κ2) is 12.1. The lowest BCUT2D eigenvalue weighted by Crippen LogP contribution is -2.48. The van der Waals surface area contributed by atoms with Gasteiger partial charge in [0.2, 0.25) is 0 Å². The number of halogens is 1. The molecule has 7 nitrogen and oxygen atoms in total. The second-order valence-corrected chi connectivity index (χ2v) is 7.46. The number of rotatable bonds is 8. The molecule has 2 amide bonds. The molecule has 0 unspecified atom stereocenters. The fourth-order valence-corrected chi connectivity index (χ4v) is 2.99. The van der Waals surface area contributed by atoms with Gasteiger partial charge in [-0.05, 0) is 71.3 Å². The Morgan fingerprint density at radius 2 is 1.60 bits per heavy atom. The van der Waals surface area contributed by atoms with E-state index in [1.807, 2.05) is 13.8 Å². The molecule has 0 saturated heterocycles. The third-order valence-electron chi connectivity index (χ3n) is 3.77. The molecule has 0 fully saturated rings.